The summed E-state index contributed by atoms with van der Waals surface area (Å²) < 4.78 is 9.30. The van der Waals surface area contributed by atoms with Crippen LogP contribution in [0, 0.1) is 5.92 Å². The molecule has 0 amide bonds. The van der Waals surface area contributed by atoms with Crippen LogP contribution in [-0.4, -0.2) is 34.1 Å². The van der Waals surface area contributed by atoms with Gasteiger partial charge >= 0.3 is 0 Å². The van der Waals surface area contributed by atoms with E-state index in [2.05, 4.69) is 238 Å². The number of para-hydroxylation sites is 8. The second-order valence-electron chi connectivity index (χ2n) is 17.7. The summed E-state index contributed by atoms with van der Waals surface area (Å²) in [4.78, 5) is 17.2. The van der Waals surface area contributed by atoms with E-state index in [4.69, 9.17) is 15.0 Å². The molecule has 0 fully saturated rings. The third kappa shape index (κ3) is 5.61. The second-order valence-corrected chi connectivity index (χ2v) is 17.7. The summed E-state index contributed by atoms with van der Waals surface area (Å²) in [5.41, 5.74) is 11.2. The molecular formula is C60H41N7. The van der Waals surface area contributed by atoms with Gasteiger partial charge in [-0.1, -0.05) is 159 Å². The molecule has 0 N–H and O–H groups in total. The van der Waals surface area contributed by atoms with Crippen LogP contribution in [0.4, 0.5) is 0 Å². The number of fused-ring (bicyclic) bond motifs is 12. The highest BCUT2D eigenvalue weighted by molar-refractivity contribution is 6.16. The molecule has 0 saturated heterocycles. The van der Waals surface area contributed by atoms with Crippen LogP contribution >= 0.6 is 0 Å². The Morgan fingerprint density at radius 3 is 1.13 bits per heavy atom. The highest BCUT2D eigenvalue weighted by Crippen LogP contribution is 2.39. The van der Waals surface area contributed by atoms with Crippen LogP contribution in [0.25, 0.3) is 110 Å². The van der Waals surface area contributed by atoms with E-state index < -0.39 is 0 Å². The number of aromatic nitrogens is 6. The molecule has 316 valence electrons. The maximum Gasteiger partial charge on any atom is 0.237 e. The summed E-state index contributed by atoms with van der Waals surface area (Å²) in [5, 5.41) is 9.45. The predicted molar refractivity (Wildman–Crippen MR) is 278 cm³/mol. The fourth-order valence-electron chi connectivity index (χ4n) is 10.9. The molecule has 7 heteroatoms. The molecule has 1 unspecified atom stereocenters. The number of rotatable bonds is 4. The number of allylic oxidation sites excluding steroid dienone is 3. The van der Waals surface area contributed by atoms with E-state index in [1.54, 1.807) is 0 Å². The van der Waals surface area contributed by atoms with Crippen LogP contribution in [0.5, 0.6) is 0 Å². The topological polar surface area (TPSA) is 57.9 Å². The van der Waals surface area contributed by atoms with Crippen LogP contribution in [0.15, 0.2) is 217 Å². The molecular weight excluding hydrogens is 819 g/mol. The zero-order chi connectivity index (χ0) is 44.2. The standard InChI is InChI=1S/C60H41N7/c1-38-34-35-39(64-50-26-10-2-18-40(50)41-19-3-11-27-51(41)64)36-48(61-59(38)66-54-30-14-6-22-44(54)45-23-7-15-31-55(45)66)49-37-58(65-52-28-12-4-20-42(52)43-21-5-13-29-53(43)65)63-60(62-49)67-56-32-16-8-24-46(56)47-25-9-17-33-57(47)67/h2-33,35-38H,34H2,1H3/b39-35-,48-36-,61-59?. The van der Waals surface area contributed by atoms with Crippen molar-refractivity contribution < 1.29 is 0 Å². The molecule has 14 rings (SSSR count). The average molecular weight is 860 g/mol. The summed E-state index contributed by atoms with van der Waals surface area (Å²) in [6.45, 7) is 2.30. The zero-order valence-corrected chi connectivity index (χ0v) is 36.6. The first-order valence-electron chi connectivity index (χ1n) is 23.0. The molecule has 6 heterocycles. The van der Waals surface area contributed by atoms with Crippen molar-refractivity contribution in [2.24, 2.45) is 10.9 Å². The zero-order valence-electron chi connectivity index (χ0n) is 36.6. The quantitative estimate of drug-likeness (QED) is 0.177. The summed E-state index contributed by atoms with van der Waals surface area (Å²) >= 11 is 0. The van der Waals surface area contributed by atoms with Gasteiger partial charge < -0.3 is 4.57 Å². The van der Waals surface area contributed by atoms with Crippen molar-refractivity contribution in [1.29, 1.82) is 0 Å². The molecule has 8 aromatic carbocycles. The lowest BCUT2D eigenvalue weighted by atomic mass is 10.0. The van der Waals surface area contributed by atoms with Crippen molar-refractivity contribution in [3.05, 3.63) is 218 Å². The van der Waals surface area contributed by atoms with E-state index in [0.717, 1.165) is 84.4 Å². The van der Waals surface area contributed by atoms with Crippen LogP contribution in [0.3, 0.4) is 0 Å². The number of benzene rings is 8. The van der Waals surface area contributed by atoms with Gasteiger partial charge in [0, 0.05) is 60.8 Å². The minimum absolute atomic E-state index is 0.0152. The molecule has 0 bridgehead atoms. The van der Waals surface area contributed by atoms with Crippen LogP contribution in [0.2, 0.25) is 0 Å². The van der Waals surface area contributed by atoms with E-state index in [1.807, 2.05) is 0 Å². The number of hydrogen-bond acceptors (Lipinski definition) is 3. The molecule has 1 atom stereocenters. The fraction of sp³-hybridized carbons (Fsp3) is 0.0500. The Bertz CT molecular complexity index is 3940. The molecule has 1 aliphatic heterocycles. The third-order valence-electron chi connectivity index (χ3n) is 13.8. The largest absolute Gasteiger partial charge is 0.309 e. The van der Waals surface area contributed by atoms with Crippen molar-refractivity contribution in [2.75, 3.05) is 0 Å². The van der Waals surface area contributed by atoms with Gasteiger partial charge in [0.2, 0.25) is 5.95 Å². The van der Waals surface area contributed by atoms with Crippen LogP contribution in [-0.2, 0) is 0 Å². The lowest BCUT2D eigenvalue weighted by Gasteiger charge is -2.22. The number of nitrogens with zero attached hydrogens (tertiary/aromatic N) is 7. The minimum atomic E-state index is 0.0152. The van der Waals surface area contributed by atoms with E-state index in [-0.39, 0.29) is 5.92 Å². The smallest absolute Gasteiger partial charge is 0.237 e. The Morgan fingerprint density at radius 1 is 0.388 bits per heavy atom. The lowest BCUT2D eigenvalue weighted by molar-refractivity contribution is 0.764. The molecule has 0 aliphatic carbocycles. The van der Waals surface area contributed by atoms with E-state index in [9.17, 15) is 0 Å². The molecule has 0 saturated carbocycles. The van der Waals surface area contributed by atoms with Crippen LogP contribution < -0.4 is 0 Å². The highest BCUT2D eigenvalue weighted by atomic mass is 15.2. The van der Waals surface area contributed by atoms with Gasteiger partial charge in [-0.05, 0) is 61.0 Å². The fourth-order valence-corrected chi connectivity index (χ4v) is 10.9. The molecule has 5 aromatic heterocycles. The van der Waals surface area contributed by atoms with Crippen LogP contribution in [0.1, 0.15) is 19.0 Å². The Labute approximate surface area is 385 Å². The van der Waals surface area contributed by atoms with Crippen molar-refractivity contribution in [3.63, 3.8) is 0 Å². The van der Waals surface area contributed by atoms with Gasteiger partial charge in [-0.3, -0.25) is 13.7 Å². The van der Waals surface area contributed by atoms with Gasteiger partial charge in [0.05, 0.1) is 55.5 Å². The minimum Gasteiger partial charge on any atom is -0.309 e. The first-order chi connectivity index (χ1) is 33.2. The Hall–Kier alpha value is -8.81. The highest BCUT2D eigenvalue weighted by Gasteiger charge is 2.25. The average Bonchev–Trinajstić information content (AvgIpc) is 4.11. The molecule has 1 aliphatic rings. The molecule has 0 spiro atoms. The molecule has 0 radical (unpaired) electrons. The first kappa shape index (κ1) is 37.6. The Morgan fingerprint density at radius 2 is 0.731 bits per heavy atom. The van der Waals surface area contributed by atoms with Crippen molar-refractivity contribution in [3.8, 4) is 11.8 Å². The Balaban J connectivity index is 1.12. The normalized spacial score (nSPS) is 16.3. The van der Waals surface area contributed by atoms with Gasteiger partial charge in [0.15, 0.2) is 0 Å². The summed E-state index contributed by atoms with van der Waals surface area (Å²) in [6.07, 6.45) is 5.42. The predicted octanol–water partition coefficient (Wildman–Crippen LogP) is 14.8. The van der Waals surface area contributed by atoms with E-state index in [1.165, 1.54) is 32.3 Å². The SMILES string of the molecule is CC1C/C=C(n2c3ccccc3c3ccccc32)/C=C(/c2cc(-n3c4ccccc4c4ccccc43)nc(-n3c4ccccc4c4ccccc43)n2)N=C1n1c2ccccc2c2ccccc21. The molecule has 7 nitrogen and oxygen atoms in total. The third-order valence-corrected chi connectivity index (χ3v) is 13.8. The van der Waals surface area contributed by atoms with E-state index >= 15 is 0 Å². The number of aliphatic imine (C=N–C) groups is 1. The number of hydrogen-bond donors (Lipinski definition) is 0. The lowest BCUT2D eigenvalue weighted by Crippen LogP contribution is -2.22. The molecule has 67 heavy (non-hydrogen) atoms. The Kier molecular flexibility index (Phi) is 8.19. The van der Waals surface area contributed by atoms with Crippen molar-refractivity contribution in [1.82, 2.24) is 28.2 Å². The monoisotopic (exact) mass is 859 g/mol. The first-order valence-corrected chi connectivity index (χ1v) is 23.0. The summed E-state index contributed by atoms with van der Waals surface area (Å²) in [5.74, 6) is 2.29. The maximum absolute atomic E-state index is 5.92. The van der Waals surface area contributed by atoms with E-state index in [0.29, 0.717) is 11.6 Å². The van der Waals surface area contributed by atoms with Gasteiger partial charge in [-0.25, -0.2) is 9.98 Å². The van der Waals surface area contributed by atoms with Gasteiger partial charge in [0.1, 0.15) is 11.7 Å². The summed E-state index contributed by atoms with van der Waals surface area (Å²) in [7, 11) is 0. The second kappa shape index (κ2) is 14.6. The van der Waals surface area contributed by atoms with Gasteiger partial charge in [-0.2, -0.15) is 4.98 Å². The van der Waals surface area contributed by atoms with Crippen molar-refractivity contribution in [2.45, 2.75) is 13.3 Å². The van der Waals surface area contributed by atoms with Gasteiger partial charge in [0.25, 0.3) is 0 Å². The maximum atomic E-state index is 5.92. The summed E-state index contributed by atoms with van der Waals surface area (Å²) in [6, 6.07) is 71.3. The van der Waals surface area contributed by atoms with Gasteiger partial charge in [-0.15, -0.1) is 0 Å². The van der Waals surface area contributed by atoms with Crippen molar-refractivity contribution >= 4 is 104 Å². The molecule has 13 aromatic rings.